The van der Waals surface area contributed by atoms with Gasteiger partial charge in [0.05, 0.1) is 11.0 Å². The molecule has 2 saturated heterocycles. The van der Waals surface area contributed by atoms with Crippen molar-refractivity contribution >= 4 is 12.0 Å². The number of carbonyl (C=O) groups excluding carboxylic acids is 1. The zero-order valence-electron chi connectivity index (χ0n) is 12.4. The Balaban J connectivity index is 1.78. The second kappa shape index (κ2) is 6.62. The molecular weight excluding hydrogens is 276 g/mol. The van der Waals surface area contributed by atoms with Gasteiger partial charge in [-0.3, -0.25) is 4.79 Å². The van der Waals surface area contributed by atoms with E-state index in [-0.39, 0.29) is 18.2 Å². The molecule has 0 bridgehead atoms. The minimum absolute atomic E-state index is 0.120. The zero-order valence-corrected chi connectivity index (χ0v) is 12.4. The van der Waals surface area contributed by atoms with Crippen LogP contribution in [0.25, 0.3) is 0 Å². The molecule has 0 spiro atoms. The van der Waals surface area contributed by atoms with E-state index in [2.05, 4.69) is 10.6 Å². The minimum Gasteiger partial charge on any atom is -0.481 e. The highest BCUT2D eigenvalue weighted by Gasteiger charge is 2.40. The van der Waals surface area contributed by atoms with Crippen LogP contribution in [-0.4, -0.2) is 55.6 Å². The molecule has 2 aliphatic heterocycles. The molecule has 2 rings (SSSR count). The van der Waals surface area contributed by atoms with Gasteiger partial charge in [0.1, 0.15) is 0 Å². The number of urea groups is 1. The third kappa shape index (κ3) is 4.07. The highest BCUT2D eigenvalue weighted by molar-refractivity contribution is 5.78. The molecule has 2 fully saturated rings. The van der Waals surface area contributed by atoms with Crippen LogP contribution in [0.15, 0.2) is 0 Å². The molecule has 0 aliphatic carbocycles. The average molecular weight is 300 g/mol. The molecule has 1 unspecified atom stereocenters. The molecule has 3 N–H and O–H groups in total. The van der Waals surface area contributed by atoms with Crippen LogP contribution >= 0.6 is 0 Å². The molecule has 0 aromatic rings. The van der Waals surface area contributed by atoms with E-state index in [9.17, 15) is 14.7 Å². The molecular formula is C14H24N2O5. The fourth-order valence-electron chi connectivity index (χ4n) is 2.78. The van der Waals surface area contributed by atoms with E-state index in [4.69, 9.17) is 9.47 Å². The lowest BCUT2D eigenvalue weighted by atomic mass is 9.80. The van der Waals surface area contributed by atoms with Crippen LogP contribution in [0.1, 0.15) is 32.6 Å². The highest BCUT2D eigenvalue weighted by Crippen LogP contribution is 2.30. The number of amides is 2. The van der Waals surface area contributed by atoms with Crippen molar-refractivity contribution in [3.05, 3.63) is 0 Å². The fourth-order valence-corrected chi connectivity index (χ4v) is 2.78. The normalized spacial score (nSPS) is 28.0. The number of rotatable bonds is 5. The summed E-state index contributed by atoms with van der Waals surface area (Å²) in [5.74, 6) is -0.878. The fraction of sp³-hybridized carbons (Fsp3) is 0.857. The molecule has 1 atom stereocenters. The number of ether oxygens (including phenoxy) is 2. The number of aliphatic carboxylic acids is 1. The summed E-state index contributed by atoms with van der Waals surface area (Å²) in [5, 5.41) is 14.8. The minimum atomic E-state index is -0.913. The summed E-state index contributed by atoms with van der Waals surface area (Å²) in [7, 11) is 0. The number of hydrogen-bond acceptors (Lipinski definition) is 4. The van der Waals surface area contributed by atoms with Crippen molar-refractivity contribution in [1.29, 1.82) is 0 Å². The average Bonchev–Trinajstić information content (AvgIpc) is 2.91. The van der Waals surface area contributed by atoms with Gasteiger partial charge in [-0.1, -0.05) is 0 Å². The molecule has 2 aliphatic rings. The van der Waals surface area contributed by atoms with Crippen molar-refractivity contribution in [2.45, 2.75) is 38.2 Å². The molecule has 0 radical (unpaired) electrons. The van der Waals surface area contributed by atoms with Crippen molar-refractivity contribution in [3.63, 3.8) is 0 Å². The van der Waals surface area contributed by atoms with Crippen LogP contribution in [0.5, 0.6) is 0 Å². The summed E-state index contributed by atoms with van der Waals surface area (Å²) in [6, 6.07) is -0.348. The third-order valence-electron chi connectivity index (χ3n) is 4.41. The van der Waals surface area contributed by atoms with E-state index in [1.807, 2.05) is 6.92 Å². The van der Waals surface area contributed by atoms with E-state index >= 15 is 0 Å². The van der Waals surface area contributed by atoms with Crippen LogP contribution in [0.4, 0.5) is 4.79 Å². The maximum atomic E-state index is 11.8. The zero-order chi connectivity index (χ0) is 15.3. The Morgan fingerprint density at radius 1 is 1.10 bits per heavy atom. The van der Waals surface area contributed by atoms with Crippen molar-refractivity contribution in [2.75, 3.05) is 32.9 Å². The number of hydrogen-bond donors (Lipinski definition) is 3. The second-order valence-corrected chi connectivity index (χ2v) is 6.14. The van der Waals surface area contributed by atoms with Gasteiger partial charge in [0.2, 0.25) is 0 Å². The summed E-state index contributed by atoms with van der Waals surface area (Å²) in [6.45, 7) is 4.08. The van der Waals surface area contributed by atoms with Crippen LogP contribution in [-0.2, 0) is 14.3 Å². The standard InChI is InChI=1S/C14H24N2O5/c1-13(3-2-6-21-13)9-15-12(19)16-10-14(11(17)18)4-7-20-8-5-14/h2-10H2,1H3,(H,17,18)(H2,15,16,19). The van der Waals surface area contributed by atoms with Gasteiger partial charge in [-0.05, 0) is 32.6 Å². The lowest BCUT2D eigenvalue weighted by Crippen LogP contribution is -2.50. The SMILES string of the molecule is CC1(CNC(=O)NCC2(C(=O)O)CCOCC2)CCCO1. The van der Waals surface area contributed by atoms with Crippen molar-refractivity contribution in [1.82, 2.24) is 10.6 Å². The molecule has 7 nitrogen and oxygen atoms in total. The first kappa shape index (κ1) is 16.0. The summed E-state index contributed by atoms with van der Waals surface area (Å²) < 4.78 is 10.8. The molecule has 2 heterocycles. The Labute approximate surface area is 124 Å². The predicted octanol–water partition coefficient (Wildman–Crippen LogP) is 0.736. The summed E-state index contributed by atoms with van der Waals surface area (Å²) in [6.07, 6.45) is 2.76. The van der Waals surface area contributed by atoms with Crippen molar-refractivity contribution in [2.24, 2.45) is 5.41 Å². The largest absolute Gasteiger partial charge is 0.481 e. The summed E-state index contributed by atoms with van der Waals surface area (Å²) >= 11 is 0. The molecule has 120 valence electrons. The quantitative estimate of drug-likeness (QED) is 0.695. The van der Waals surface area contributed by atoms with Gasteiger partial charge in [-0.25, -0.2) is 4.79 Å². The van der Waals surface area contributed by atoms with Gasteiger partial charge in [0.25, 0.3) is 0 Å². The Bertz CT molecular complexity index is 387. The number of carboxylic acid groups (broad SMARTS) is 1. The maximum Gasteiger partial charge on any atom is 0.314 e. The Hall–Kier alpha value is -1.34. The molecule has 0 aromatic heterocycles. The molecule has 21 heavy (non-hydrogen) atoms. The van der Waals surface area contributed by atoms with E-state index in [0.29, 0.717) is 32.6 Å². The highest BCUT2D eigenvalue weighted by atomic mass is 16.5. The summed E-state index contributed by atoms with van der Waals surface area (Å²) in [4.78, 5) is 23.3. The first-order chi connectivity index (χ1) is 9.96. The lowest BCUT2D eigenvalue weighted by Gasteiger charge is -2.33. The first-order valence-electron chi connectivity index (χ1n) is 7.43. The van der Waals surface area contributed by atoms with Crippen molar-refractivity contribution in [3.8, 4) is 0 Å². The van der Waals surface area contributed by atoms with E-state index in [0.717, 1.165) is 19.4 Å². The van der Waals surface area contributed by atoms with E-state index < -0.39 is 11.4 Å². The molecule has 2 amide bonds. The van der Waals surface area contributed by atoms with Gasteiger partial charge in [-0.2, -0.15) is 0 Å². The molecule has 7 heteroatoms. The topological polar surface area (TPSA) is 96.9 Å². The lowest BCUT2D eigenvalue weighted by molar-refractivity contribution is -0.154. The van der Waals surface area contributed by atoms with Gasteiger partial charge in [0, 0.05) is 32.9 Å². The van der Waals surface area contributed by atoms with Crippen LogP contribution in [0.3, 0.4) is 0 Å². The Morgan fingerprint density at radius 2 is 1.76 bits per heavy atom. The predicted molar refractivity (Wildman–Crippen MR) is 75.1 cm³/mol. The van der Waals surface area contributed by atoms with Gasteiger partial charge < -0.3 is 25.2 Å². The Kier molecular flexibility index (Phi) is 5.05. The Morgan fingerprint density at radius 3 is 2.33 bits per heavy atom. The number of carbonyl (C=O) groups is 2. The van der Waals surface area contributed by atoms with Gasteiger partial charge in [-0.15, -0.1) is 0 Å². The van der Waals surface area contributed by atoms with Crippen LogP contribution in [0, 0.1) is 5.41 Å². The van der Waals surface area contributed by atoms with Crippen LogP contribution < -0.4 is 10.6 Å². The first-order valence-corrected chi connectivity index (χ1v) is 7.43. The number of nitrogens with one attached hydrogen (secondary N) is 2. The maximum absolute atomic E-state index is 11.8. The second-order valence-electron chi connectivity index (χ2n) is 6.14. The molecule has 0 saturated carbocycles. The number of carboxylic acids is 1. The van der Waals surface area contributed by atoms with E-state index in [1.54, 1.807) is 0 Å². The van der Waals surface area contributed by atoms with E-state index in [1.165, 1.54) is 0 Å². The van der Waals surface area contributed by atoms with Crippen molar-refractivity contribution < 1.29 is 24.2 Å². The van der Waals surface area contributed by atoms with Gasteiger partial charge in [0.15, 0.2) is 0 Å². The summed E-state index contributed by atoms with van der Waals surface area (Å²) in [5.41, 5.74) is -1.22. The monoisotopic (exact) mass is 300 g/mol. The smallest absolute Gasteiger partial charge is 0.314 e. The third-order valence-corrected chi connectivity index (χ3v) is 4.41. The molecule has 0 aromatic carbocycles. The van der Waals surface area contributed by atoms with Crippen LogP contribution in [0.2, 0.25) is 0 Å². The van der Waals surface area contributed by atoms with Gasteiger partial charge >= 0.3 is 12.0 Å².